The van der Waals surface area contributed by atoms with Crippen LogP contribution in [0.15, 0.2) is 30.3 Å². The van der Waals surface area contributed by atoms with E-state index in [1.165, 1.54) is 0 Å². The fraction of sp³-hybridized carbons (Fsp3) is 0.500. The molecule has 2 rings (SSSR count). The molecule has 1 aliphatic rings. The van der Waals surface area contributed by atoms with Gasteiger partial charge in [0.25, 0.3) is 0 Å². The number of piperidine rings is 1. The number of aliphatic hydroxyl groups excluding tert-OH is 1. The topological polar surface area (TPSA) is 49.8 Å². The van der Waals surface area contributed by atoms with Gasteiger partial charge in [0.2, 0.25) is 0 Å². The van der Waals surface area contributed by atoms with Gasteiger partial charge in [0.15, 0.2) is 0 Å². The Bertz CT molecular complexity index is 391. The van der Waals surface area contributed by atoms with Crippen LogP contribution < -0.4 is 0 Å². The molecule has 0 spiro atoms. The van der Waals surface area contributed by atoms with Crippen LogP contribution in [0.1, 0.15) is 30.1 Å². The summed E-state index contributed by atoms with van der Waals surface area (Å²) in [5.41, 5.74) is 0.552. The minimum atomic E-state index is -0.358. The van der Waals surface area contributed by atoms with E-state index in [9.17, 15) is 9.90 Å². The average Bonchev–Trinajstić information content (AvgIpc) is 2.40. The predicted molar refractivity (Wildman–Crippen MR) is 67.8 cm³/mol. The average molecular weight is 249 g/mol. The SMILES string of the molecule is C[C@H](O)[C@@H]1CCCN(OC(=O)c2ccccc2)C1. The summed E-state index contributed by atoms with van der Waals surface area (Å²) in [6.07, 6.45) is 1.57. The van der Waals surface area contributed by atoms with E-state index in [1.54, 1.807) is 24.1 Å². The molecule has 1 fully saturated rings. The van der Waals surface area contributed by atoms with Gasteiger partial charge in [-0.15, -0.1) is 5.06 Å². The lowest BCUT2D eigenvalue weighted by atomic mass is 9.95. The lowest BCUT2D eigenvalue weighted by molar-refractivity contribution is -0.139. The molecule has 4 nitrogen and oxygen atoms in total. The number of benzene rings is 1. The zero-order chi connectivity index (χ0) is 13.0. The third-order valence-corrected chi connectivity index (χ3v) is 3.32. The maximum absolute atomic E-state index is 11.9. The van der Waals surface area contributed by atoms with Gasteiger partial charge in [0.05, 0.1) is 11.7 Å². The first-order valence-electron chi connectivity index (χ1n) is 6.37. The summed E-state index contributed by atoms with van der Waals surface area (Å²) in [5, 5.41) is 11.2. The largest absolute Gasteiger partial charge is 0.393 e. The molecule has 0 bridgehead atoms. The van der Waals surface area contributed by atoms with Crippen LogP contribution in [0.5, 0.6) is 0 Å². The van der Waals surface area contributed by atoms with Gasteiger partial charge in [0.1, 0.15) is 0 Å². The molecule has 0 radical (unpaired) electrons. The minimum Gasteiger partial charge on any atom is -0.393 e. The first kappa shape index (κ1) is 13.1. The summed E-state index contributed by atoms with van der Waals surface area (Å²) in [6.45, 7) is 3.13. The van der Waals surface area contributed by atoms with Crippen molar-refractivity contribution in [1.29, 1.82) is 0 Å². The Hall–Kier alpha value is -1.39. The number of carbonyl (C=O) groups excluding carboxylic acids is 1. The Morgan fingerprint density at radius 2 is 2.17 bits per heavy atom. The molecule has 2 atom stereocenters. The van der Waals surface area contributed by atoms with Crippen molar-refractivity contribution >= 4 is 5.97 Å². The number of hydrogen-bond donors (Lipinski definition) is 1. The van der Waals surface area contributed by atoms with Crippen molar-refractivity contribution < 1.29 is 14.7 Å². The second kappa shape index (κ2) is 5.98. The molecular weight excluding hydrogens is 230 g/mol. The molecule has 0 amide bonds. The highest BCUT2D eigenvalue weighted by atomic mass is 16.7. The van der Waals surface area contributed by atoms with Gasteiger partial charge in [0, 0.05) is 19.0 Å². The molecule has 0 unspecified atom stereocenters. The monoisotopic (exact) mass is 249 g/mol. The second-order valence-corrected chi connectivity index (χ2v) is 4.78. The molecule has 98 valence electrons. The van der Waals surface area contributed by atoms with Crippen LogP contribution >= 0.6 is 0 Å². The van der Waals surface area contributed by atoms with Crippen LogP contribution in [0, 0.1) is 5.92 Å². The predicted octanol–water partition coefficient (Wildman–Crippen LogP) is 1.85. The van der Waals surface area contributed by atoms with Crippen LogP contribution in [-0.2, 0) is 4.84 Å². The van der Waals surface area contributed by atoms with Gasteiger partial charge >= 0.3 is 5.97 Å². The molecule has 1 N–H and O–H groups in total. The van der Waals surface area contributed by atoms with Crippen molar-refractivity contribution in [2.24, 2.45) is 5.92 Å². The van der Waals surface area contributed by atoms with E-state index in [4.69, 9.17) is 4.84 Å². The van der Waals surface area contributed by atoms with Crippen LogP contribution in [0.2, 0.25) is 0 Å². The third kappa shape index (κ3) is 3.31. The first-order chi connectivity index (χ1) is 8.66. The van der Waals surface area contributed by atoms with E-state index >= 15 is 0 Å². The summed E-state index contributed by atoms with van der Waals surface area (Å²) in [5.74, 6) is -0.149. The van der Waals surface area contributed by atoms with E-state index in [1.807, 2.05) is 18.2 Å². The molecule has 0 aliphatic carbocycles. The van der Waals surface area contributed by atoms with Gasteiger partial charge in [-0.05, 0) is 31.9 Å². The zero-order valence-corrected chi connectivity index (χ0v) is 10.6. The lowest BCUT2D eigenvalue weighted by Gasteiger charge is -2.32. The molecule has 1 aliphatic heterocycles. The Morgan fingerprint density at radius 1 is 1.44 bits per heavy atom. The minimum absolute atomic E-state index is 0.183. The molecule has 18 heavy (non-hydrogen) atoms. The molecule has 1 aromatic rings. The highest BCUT2D eigenvalue weighted by Crippen LogP contribution is 2.20. The van der Waals surface area contributed by atoms with E-state index in [0.29, 0.717) is 12.1 Å². The van der Waals surface area contributed by atoms with Crippen LogP contribution in [0.3, 0.4) is 0 Å². The number of aliphatic hydroxyl groups is 1. The zero-order valence-electron chi connectivity index (χ0n) is 10.6. The summed E-state index contributed by atoms with van der Waals surface area (Å²) in [4.78, 5) is 17.2. The van der Waals surface area contributed by atoms with Crippen LogP contribution in [0.25, 0.3) is 0 Å². The van der Waals surface area contributed by atoms with Crippen LogP contribution in [-0.4, -0.2) is 35.3 Å². The van der Waals surface area contributed by atoms with Gasteiger partial charge < -0.3 is 9.94 Å². The third-order valence-electron chi connectivity index (χ3n) is 3.32. The molecular formula is C14H19NO3. The number of hydrogen-bond acceptors (Lipinski definition) is 4. The van der Waals surface area contributed by atoms with E-state index < -0.39 is 0 Å². The first-order valence-corrected chi connectivity index (χ1v) is 6.37. The number of carbonyl (C=O) groups is 1. The summed E-state index contributed by atoms with van der Waals surface area (Å²) in [7, 11) is 0. The Labute approximate surface area is 107 Å². The van der Waals surface area contributed by atoms with Gasteiger partial charge in [-0.2, -0.15) is 0 Å². The van der Waals surface area contributed by atoms with Crippen molar-refractivity contribution in [2.45, 2.75) is 25.9 Å². The van der Waals surface area contributed by atoms with Crippen LogP contribution in [0.4, 0.5) is 0 Å². The Morgan fingerprint density at radius 3 is 2.83 bits per heavy atom. The molecule has 1 heterocycles. The molecule has 0 aromatic heterocycles. The van der Waals surface area contributed by atoms with Crippen molar-refractivity contribution in [1.82, 2.24) is 5.06 Å². The Balaban J connectivity index is 1.91. The number of hydroxylamine groups is 2. The molecule has 0 saturated carbocycles. The van der Waals surface area contributed by atoms with E-state index in [-0.39, 0.29) is 18.0 Å². The fourth-order valence-electron chi connectivity index (χ4n) is 2.19. The smallest absolute Gasteiger partial charge is 0.357 e. The van der Waals surface area contributed by atoms with Gasteiger partial charge in [-0.25, -0.2) is 4.79 Å². The standard InChI is InChI=1S/C14H19NO3/c1-11(16)13-8-5-9-15(10-13)18-14(17)12-6-3-2-4-7-12/h2-4,6-7,11,13,16H,5,8-10H2,1H3/t11-,13+/m0/s1. The summed E-state index contributed by atoms with van der Waals surface area (Å²) >= 11 is 0. The van der Waals surface area contributed by atoms with Gasteiger partial charge in [-0.1, -0.05) is 18.2 Å². The summed E-state index contributed by atoms with van der Waals surface area (Å²) < 4.78 is 0. The maximum Gasteiger partial charge on any atom is 0.357 e. The Kier molecular flexibility index (Phi) is 4.33. The lowest BCUT2D eigenvalue weighted by Crippen LogP contribution is -2.40. The summed E-state index contributed by atoms with van der Waals surface area (Å²) in [6, 6.07) is 8.95. The molecule has 1 aromatic carbocycles. The van der Waals surface area contributed by atoms with Crippen molar-refractivity contribution in [3.63, 3.8) is 0 Å². The van der Waals surface area contributed by atoms with E-state index in [0.717, 1.165) is 19.4 Å². The van der Waals surface area contributed by atoms with Crippen molar-refractivity contribution in [3.05, 3.63) is 35.9 Å². The molecule has 1 saturated heterocycles. The maximum atomic E-state index is 11.9. The quantitative estimate of drug-likeness (QED) is 0.888. The highest BCUT2D eigenvalue weighted by Gasteiger charge is 2.26. The van der Waals surface area contributed by atoms with Gasteiger partial charge in [-0.3, -0.25) is 0 Å². The number of rotatable bonds is 3. The molecule has 4 heteroatoms. The number of nitrogens with zero attached hydrogens (tertiary/aromatic N) is 1. The van der Waals surface area contributed by atoms with Crippen molar-refractivity contribution in [2.75, 3.05) is 13.1 Å². The normalized spacial score (nSPS) is 22.4. The fourth-order valence-corrected chi connectivity index (χ4v) is 2.19. The second-order valence-electron chi connectivity index (χ2n) is 4.78. The highest BCUT2D eigenvalue weighted by molar-refractivity contribution is 5.89. The van der Waals surface area contributed by atoms with E-state index in [2.05, 4.69) is 0 Å². The van der Waals surface area contributed by atoms with Crippen molar-refractivity contribution in [3.8, 4) is 0 Å².